The maximum Gasteiger partial charge on any atom is 0.328 e. The molecule has 1 aliphatic heterocycles. The van der Waals surface area contributed by atoms with Crippen LogP contribution in [0.25, 0.3) is 0 Å². The molecular weight excluding hydrogens is 534 g/mol. The molecule has 2 N–H and O–H groups in total. The molecule has 0 aromatic heterocycles. The predicted octanol–water partition coefficient (Wildman–Crippen LogP) is 1.73. The Morgan fingerprint density at radius 1 is 1.21 bits per heavy atom. The fourth-order valence-electron chi connectivity index (χ4n) is 3.66. The number of nitro benzene ring substituents is 1. The van der Waals surface area contributed by atoms with Gasteiger partial charge < -0.3 is 15.2 Å². The number of esters is 1. The van der Waals surface area contributed by atoms with Crippen LogP contribution < -0.4 is 5.32 Å². The monoisotopic (exact) mass is 555 g/mol. The van der Waals surface area contributed by atoms with Crippen LogP contribution in [0.5, 0.6) is 0 Å². The Bertz CT molecular complexity index is 1170. The Morgan fingerprint density at radius 3 is 2.38 bits per heavy atom. The molecule has 1 aliphatic rings. The smallest absolute Gasteiger partial charge is 0.328 e. The third kappa shape index (κ3) is 5.60. The van der Waals surface area contributed by atoms with Crippen LogP contribution in [-0.4, -0.2) is 60.1 Å². The number of amides is 1. The topological polar surface area (TPSA) is 156 Å². The fourth-order valence-corrected chi connectivity index (χ4v) is 5.61. The van der Waals surface area contributed by atoms with Crippen LogP contribution >= 0.6 is 15.9 Å². The number of aliphatic hydroxyl groups excluding tert-OH is 1. The summed E-state index contributed by atoms with van der Waals surface area (Å²) in [6, 6.07) is 8.83. The summed E-state index contributed by atoms with van der Waals surface area (Å²) in [4.78, 5) is 35.2. The summed E-state index contributed by atoms with van der Waals surface area (Å²) in [5, 5.41) is 23.8. The average molecular weight is 556 g/mol. The van der Waals surface area contributed by atoms with Gasteiger partial charge >= 0.3 is 5.97 Å². The van der Waals surface area contributed by atoms with E-state index in [1.165, 1.54) is 7.11 Å². The molecule has 0 aliphatic carbocycles. The lowest BCUT2D eigenvalue weighted by atomic mass is 10.1. The minimum atomic E-state index is -4.37. The summed E-state index contributed by atoms with van der Waals surface area (Å²) in [7, 11) is -3.20. The van der Waals surface area contributed by atoms with Crippen LogP contribution in [0.15, 0.2) is 57.9 Å². The van der Waals surface area contributed by atoms with Crippen molar-refractivity contribution in [2.75, 3.05) is 7.11 Å². The van der Waals surface area contributed by atoms with Gasteiger partial charge in [0.1, 0.15) is 18.3 Å². The predicted molar refractivity (Wildman–Crippen MR) is 123 cm³/mol. The lowest BCUT2D eigenvalue weighted by molar-refractivity contribution is -0.384. The summed E-state index contributed by atoms with van der Waals surface area (Å²) in [6.07, 6.45) is -1.35. The van der Waals surface area contributed by atoms with Crippen LogP contribution in [-0.2, 0) is 30.8 Å². The molecule has 2 aromatic carbocycles. The van der Waals surface area contributed by atoms with Gasteiger partial charge in [-0.1, -0.05) is 28.1 Å². The van der Waals surface area contributed by atoms with E-state index in [1.54, 1.807) is 24.3 Å². The molecular formula is C21H22BrN3O8S. The standard InChI is InChI=1S/C21H22BrN3O8S/c1-33-21(28)17(12-13-2-4-14(22)5-3-13)23-20(27)18-10-11-19(26)24(18)34(31,32)16-8-6-15(7-9-16)25(29)30/h2-9,17-19,26H,10-12H2,1H3,(H,23,27)/t17-,18-,19?/m0/s1. The van der Waals surface area contributed by atoms with E-state index in [4.69, 9.17) is 4.74 Å². The molecule has 1 fully saturated rings. The number of hydrogen-bond donors (Lipinski definition) is 2. The first kappa shape index (κ1) is 25.7. The van der Waals surface area contributed by atoms with Gasteiger partial charge in [-0.05, 0) is 42.7 Å². The van der Waals surface area contributed by atoms with Crippen LogP contribution in [0, 0.1) is 10.1 Å². The SMILES string of the molecule is COC(=O)[C@H](Cc1ccc(Br)cc1)NC(=O)[C@@H]1CCC(O)N1S(=O)(=O)c1ccc([N+](=O)[O-])cc1. The maximum absolute atomic E-state index is 13.2. The molecule has 1 amide bonds. The van der Waals surface area contributed by atoms with E-state index in [0.29, 0.717) is 4.31 Å². The van der Waals surface area contributed by atoms with E-state index in [0.717, 1.165) is 34.3 Å². The zero-order valence-electron chi connectivity index (χ0n) is 18.0. The van der Waals surface area contributed by atoms with Crippen molar-refractivity contribution in [2.24, 2.45) is 0 Å². The highest BCUT2D eigenvalue weighted by atomic mass is 79.9. The zero-order chi connectivity index (χ0) is 25.0. The summed E-state index contributed by atoms with van der Waals surface area (Å²) in [5.74, 6) is -1.48. The second-order valence-electron chi connectivity index (χ2n) is 7.57. The number of halogens is 1. The highest BCUT2D eigenvalue weighted by Crippen LogP contribution is 2.31. The van der Waals surface area contributed by atoms with Crippen molar-refractivity contribution in [3.05, 3.63) is 68.7 Å². The van der Waals surface area contributed by atoms with Gasteiger partial charge in [0.05, 0.1) is 16.9 Å². The Labute approximate surface area is 204 Å². The minimum Gasteiger partial charge on any atom is -0.467 e. The molecule has 0 bridgehead atoms. The number of nitrogens with zero attached hydrogens (tertiary/aromatic N) is 2. The fraction of sp³-hybridized carbons (Fsp3) is 0.333. The molecule has 3 rings (SSSR count). The third-order valence-corrected chi connectivity index (χ3v) is 7.83. The number of benzene rings is 2. The molecule has 0 radical (unpaired) electrons. The van der Waals surface area contributed by atoms with Crippen molar-refractivity contribution in [1.82, 2.24) is 9.62 Å². The summed E-state index contributed by atoms with van der Waals surface area (Å²) in [5.41, 5.74) is 0.435. The van der Waals surface area contributed by atoms with Crippen molar-refractivity contribution in [3.63, 3.8) is 0 Å². The molecule has 3 atom stereocenters. The molecule has 13 heteroatoms. The quantitative estimate of drug-likeness (QED) is 0.283. The number of methoxy groups -OCH3 is 1. The lowest BCUT2D eigenvalue weighted by Crippen LogP contribution is -2.53. The van der Waals surface area contributed by atoms with E-state index in [2.05, 4.69) is 21.2 Å². The number of carbonyl (C=O) groups is 2. The first-order chi connectivity index (χ1) is 16.0. The first-order valence-electron chi connectivity index (χ1n) is 10.1. The van der Waals surface area contributed by atoms with Gasteiger partial charge in [0.25, 0.3) is 5.69 Å². The normalized spacial score (nSPS) is 19.4. The van der Waals surface area contributed by atoms with Crippen molar-refractivity contribution >= 4 is 43.5 Å². The number of carbonyl (C=O) groups excluding carboxylic acids is 2. The Kier molecular flexibility index (Phi) is 8.02. The summed E-state index contributed by atoms with van der Waals surface area (Å²) in [6.45, 7) is 0. The largest absolute Gasteiger partial charge is 0.467 e. The Morgan fingerprint density at radius 2 is 1.82 bits per heavy atom. The van der Waals surface area contributed by atoms with Gasteiger partial charge in [-0.15, -0.1) is 0 Å². The molecule has 1 saturated heterocycles. The van der Waals surface area contributed by atoms with E-state index in [-0.39, 0.29) is 29.8 Å². The molecule has 0 spiro atoms. The maximum atomic E-state index is 13.2. The van der Waals surface area contributed by atoms with Crippen LogP contribution in [0.1, 0.15) is 18.4 Å². The number of nitro groups is 1. The zero-order valence-corrected chi connectivity index (χ0v) is 20.4. The van der Waals surface area contributed by atoms with E-state index in [1.807, 2.05) is 0 Å². The molecule has 182 valence electrons. The highest BCUT2D eigenvalue weighted by molar-refractivity contribution is 9.10. The van der Waals surface area contributed by atoms with Crippen LogP contribution in [0.2, 0.25) is 0 Å². The lowest BCUT2D eigenvalue weighted by Gasteiger charge is -2.27. The van der Waals surface area contributed by atoms with Crippen LogP contribution in [0.4, 0.5) is 5.69 Å². The second-order valence-corrected chi connectivity index (χ2v) is 10.3. The van der Waals surface area contributed by atoms with Gasteiger partial charge in [0, 0.05) is 23.0 Å². The molecule has 1 heterocycles. The number of non-ortho nitro benzene ring substituents is 1. The van der Waals surface area contributed by atoms with Crippen molar-refractivity contribution in [1.29, 1.82) is 0 Å². The second kappa shape index (κ2) is 10.6. The number of sulfonamides is 1. The van der Waals surface area contributed by atoms with E-state index in [9.17, 15) is 33.2 Å². The van der Waals surface area contributed by atoms with Gasteiger partial charge in [0.15, 0.2) is 0 Å². The van der Waals surface area contributed by atoms with Crippen LogP contribution in [0.3, 0.4) is 0 Å². The molecule has 1 unspecified atom stereocenters. The van der Waals surface area contributed by atoms with Gasteiger partial charge in [-0.3, -0.25) is 14.9 Å². The Balaban J connectivity index is 1.83. The van der Waals surface area contributed by atoms with Crippen molar-refractivity contribution < 1.29 is 32.8 Å². The number of hydrogen-bond acceptors (Lipinski definition) is 8. The van der Waals surface area contributed by atoms with Gasteiger partial charge in [0.2, 0.25) is 15.9 Å². The minimum absolute atomic E-state index is 0.0000982. The number of nitrogens with one attached hydrogen (secondary N) is 1. The molecule has 2 aromatic rings. The Hall–Kier alpha value is -2.87. The third-order valence-electron chi connectivity index (χ3n) is 5.38. The highest BCUT2D eigenvalue weighted by Gasteiger charge is 2.45. The van der Waals surface area contributed by atoms with Crippen molar-refractivity contribution in [2.45, 2.75) is 42.5 Å². The number of aliphatic hydroxyl groups is 1. The first-order valence-corrected chi connectivity index (χ1v) is 12.4. The summed E-state index contributed by atoms with van der Waals surface area (Å²) < 4.78 is 32.6. The molecule has 34 heavy (non-hydrogen) atoms. The van der Waals surface area contributed by atoms with Crippen molar-refractivity contribution in [3.8, 4) is 0 Å². The van der Waals surface area contributed by atoms with E-state index < -0.39 is 45.1 Å². The average Bonchev–Trinajstić information content (AvgIpc) is 3.21. The van der Waals surface area contributed by atoms with Gasteiger partial charge in [-0.25, -0.2) is 13.2 Å². The van der Waals surface area contributed by atoms with E-state index >= 15 is 0 Å². The molecule has 11 nitrogen and oxygen atoms in total. The number of rotatable bonds is 8. The molecule has 0 saturated carbocycles. The van der Waals surface area contributed by atoms with Gasteiger partial charge in [-0.2, -0.15) is 4.31 Å². The summed E-state index contributed by atoms with van der Waals surface area (Å²) >= 11 is 3.32. The number of ether oxygens (including phenoxy) is 1.